The van der Waals surface area contributed by atoms with Crippen molar-refractivity contribution in [2.75, 3.05) is 26.3 Å². The van der Waals surface area contributed by atoms with Gasteiger partial charge in [-0.3, -0.25) is 9.98 Å². The zero-order valence-electron chi connectivity index (χ0n) is 21.8. The number of ether oxygens (including phenoxy) is 2. The average molecular weight is 551 g/mol. The lowest BCUT2D eigenvalue weighted by molar-refractivity contribution is 0.250. The van der Waals surface area contributed by atoms with E-state index in [1.165, 1.54) is 22.7 Å². The highest BCUT2D eigenvalue weighted by Crippen LogP contribution is 2.12. The second-order valence-electron chi connectivity index (χ2n) is 7.93. The van der Waals surface area contributed by atoms with E-state index in [1.807, 2.05) is 96.7 Å². The molecular weight excluding hydrogens is 520 g/mol. The maximum Gasteiger partial charge on any atom is 0.210 e. The number of aliphatic imine (C=N–C) groups is 2. The number of hydrogen-bond acceptors (Lipinski definition) is 10. The maximum absolute atomic E-state index is 5.81. The third-order valence-electron chi connectivity index (χ3n) is 5.17. The Morgan fingerprint density at radius 1 is 0.658 bits per heavy atom. The van der Waals surface area contributed by atoms with Gasteiger partial charge in [0.1, 0.15) is 11.5 Å². The SMILES string of the molecule is CCOC1=CC(=NN=c2sccn2C)C=CC1=NCCN=C1C=CC(=NN=c2sccn2C)C=C1OCC. The van der Waals surface area contributed by atoms with E-state index >= 15 is 0 Å². The molecule has 0 aromatic carbocycles. The molecule has 0 unspecified atom stereocenters. The predicted octanol–water partition coefficient (Wildman–Crippen LogP) is 3.56. The Kier molecular flexibility index (Phi) is 9.71. The van der Waals surface area contributed by atoms with Crippen LogP contribution in [-0.4, -0.2) is 58.3 Å². The molecule has 0 saturated carbocycles. The smallest absolute Gasteiger partial charge is 0.210 e. The predicted molar refractivity (Wildman–Crippen MR) is 155 cm³/mol. The summed E-state index contributed by atoms with van der Waals surface area (Å²) in [5, 5.41) is 21.2. The number of aryl methyl sites for hydroxylation is 2. The fourth-order valence-electron chi connectivity index (χ4n) is 3.32. The third-order valence-corrected chi connectivity index (χ3v) is 6.85. The second kappa shape index (κ2) is 13.6. The Labute approximate surface area is 229 Å². The molecule has 0 N–H and O–H groups in total. The molecule has 10 nitrogen and oxygen atoms in total. The van der Waals surface area contributed by atoms with Crippen LogP contribution >= 0.6 is 22.7 Å². The van der Waals surface area contributed by atoms with E-state index in [0.717, 1.165) is 21.0 Å². The van der Waals surface area contributed by atoms with Crippen LogP contribution in [0.2, 0.25) is 0 Å². The molecule has 0 spiro atoms. The fourth-order valence-corrected chi connectivity index (χ4v) is 4.68. The summed E-state index contributed by atoms with van der Waals surface area (Å²) < 4.78 is 15.5. The van der Waals surface area contributed by atoms with Crippen LogP contribution in [0.25, 0.3) is 0 Å². The van der Waals surface area contributed by atoms with Gasteiger partial charge in [-0.25, -0.2) is 0 Å². The topological polar surface area (TPSA) is 102 Å². The molecule has 2 aliphatic carbocycles. The van der Waals surface area contributed by atoms with Crippen LogP contribution in [0.5, 0.6) is 0 Å². The molecule has 0 fully saturated rings. The summed E-state index contributed by atoms with van der Waals surface area (Å²) in [5.41, 5.74) is 2.92. The Hall–Kier alpha value is -3.90. The van der Waals surface area contributed by atoms with Crippen molar-refractivity contribution in [1.82, 2.24) is 9.13 Å². The monoisotopic (exact) mass is 550 g/mol. The number of thiazole rings is 2. The molecule has 2 aliphatic rings. The number of allylic oxidation sites excluding steroid dienone is 6. The van der Waals surface area contributed by atoms with Crippen molar-refractivity contribution in [3.05, 3.63) is 80.7 Å². The van der Waals surface area contributed by atoms with Crippen molar-refractivity contribution in [1.29, 1.82) is 0 Å². The van der Waals surface area contributed by atoms with Crippen molar-refractivity contribution in [2.24, 2.45) is 44.5 Å². The summed E-state index contributed by atoms with van der Waals surface area (Å²) in [5.74, 6) is 1.34. The molecular formula is C26H30N8O2S2. The first-order valence-electron chi connectivity index (χ1n) is 12.2. The van der Waals surface area contributed by atoms with Crippen molar-refractivity contribution < 1.29 is 9.47 Å². The van der Waals surface area contributed by atoms with Crippen LogP contribution in [0, 0.1) is 0 Å². The van der Waals surface area contributed by atoms with Crippen molar-refractivity contribution in [2.45, 2.75) is 13.8 Å². The molecule has 2 aromatic rings. The van der Waals surface area contributed by atoms with Gasteiger partial charge in [-0.1, -0.05) is 0 Å². The Morgan fingerprint density at radius 2 is 1.11 bits per heavy atom. The zero-order chi connectivity index (χ0) is 26.7. The summed E-state index contributed by atoms with van der Waals surface area (Å²) in [4.78, 5) is 11.0. The zero-order valence-corrected chi connectivity index (χ0v) is 23.4. The highest BCUT2D eigenvalue weighted by atomic mass is 32.1. The van der Waals surface area contributed by atoms with Gasteiger partial charge in [0, 0.05) is 49.4 Å². The highest BCUT2D eigenvalue weighted by molar-refractivity contribution is 7.07. The largest absolute Gasteiger partial charge is 0.492 e. The van der Waals surface area contributed by atoms with Gasteiger partial charge in [-0.15, -0.1) is 43.1 Å². The quantitative estimate of drug-likeness (QED) is 0.271. The normalized spacial score (nSPS) is 20.6. The van der Waals surface area contributed by atoms with E-state index in [2.05, 4.69) is 20.4 Å². The van der Waals surface area contributed by atoms with E-state index in [1.54, 1.807) is 0 Å². The van der Waals surface area contributed by atoms with Gasteiger partial charge in [-0.2, -0.15) is 0 Å². The molecule has 0 atom stereocenters. The lowest BCUT2D eigenvalue weighted by Gasteiger charge is -2.13. The van der Waals surface area contributed by atoms with Crippen molar-refractivity contribution in [3.63, 3.8) is 0 Å². The van der Waals surface area contributed by atoms with E-state index in [4.69, 9.17) is 19.5 Å². The standard InChI is InChI=1S/C26H30N8O2S2/c1-5-35-23-17-19(29-31-25-33(3)13-15-37-25)7-9-21(23)27-11-12-28-22-10-8-20(18-24(22)36-6-2)30-32-26-34(4)14-16-38-26/h7-10,13-18H,5-6,11-12H2,1-4H3. The maximum atomic E-state index is 5.81. The molecule has 2 heterocycles. The van der Waals surface area contributed by atoms with Gasteiger partial charge < -0.3 is 18.6 Å². The van der Waals surface area contributed by atoms with Gasteiger partial charge in [0.05, 0.1) is 49.2 Å². The Balaban J connectivity index is 1.43. The molecule has 0 amide bonds. The minimum atomic E-state index is 0.494. The van der Waals surface area contributed by atoms with Crippen LogP contribution in [0.4, 0.5) is 0 Å². The van der Waals surface area contributed by atoms with Gasteiger partial charge in [0.15, 0.2) is 0 Å². The number of rotatable bonds is 9. The first kappa shape index (κ1) is 27.1. The summed E-state index contributed by atoms with van der Waals surface area (Å²) in [6.45, 7) is 5.93. The molecule has 0 radical (unpaired) electrons. The average Bonchev–Trinajstić information content (AvgIpc) is 3.53. The molecule has 12 heteroatoms. The second-order valence-corrected chi connectivity index (χ2v) is 9.67. The van der Waals surface area contributed by atoms with E-state index < -0.39 is 0 Å². The molecule has 0 aliphatic heterocycles. The van der Waals surface area contributed by atoms with Gasteiger partial charge >= 0.3 is 0 Å². The van der Waals surface area contributed by atoms with Crippen LogP contribution in [0.1, 0.15) is 13.8 Å². The van der Waals surface area contributed by atoms with E-state index in [-0.39, 0.29) is 0 Å². The minimum Gasteiger partial charge on any atom is -0.492 e. The summed E-state index contributed by atoms with van der Waals surface area (Å²) in [6, 6.07) is 0. The first-order chi connectivity index (χ1) is 18.6. The molecule has 0 bridgehead atoms. The summed E-state index contributed by atoms with van der Waals surface area (Å²) in [6.07, 6.45) is 15.2. The number of nitrogens with zero attached hydrogens (tertiary/aromatic N) is 8. The van der Waals surface area contributed by atoms with Gasteiger partial charge in [0.2, 0.25) is 9.60 Å². The molecule has 2 aromatic heterocycles. The lowest BCUT2D eigenvalue weighted by atomic mass is 10.1. The summed E-state index contributed by atoms with van der Waals surface area (Å²) >= 11 is 3.06. The Bertz CT molecular complexity index is 1410. The molecule has 4 rings (SSSR count). The molecule has 198 valence electrons. The van der Waals surface area contributed by atoms with Crippen LogP contribution in [0.15, 0.2) is 102 Å². The van der Waals surface area contributed by atoms with E-state index in [9.17, 15) is 0 Å². The van der Waals surface area contributed by atoms with E-state index in [0.29, 0.717) is 49.2 Å². The van der Waals surface area contributed by atoms with Crippen LogP contribution < -0.4 is 9.60 Å². The summed E-state index contributed by atoms with van der Waals surface area (Å²) in [7, 11) is 3.87. The number of aromatic nitrogens is 2. The lowest BCUT2D eigenvalue weighted by Crippen LogP contribution is -2.14. The van der Waals surface area contributed by atoms with Crippen LogP contribution in [0.3, 0.4) is 0 Å². The number of hydrogen-bond donors (Lipinski definition) is 0. The van der Waals surface area contributed by atoms with Crippen LogP contribution in [-0.2, 0) is 23.6 Å². The fraction of sp³-hybridized carbons (Fsp3) is 0.308. The first-order valence-corrected chi connectivity index (χ1v) is 13.9. The Morgan fingerprint density at radius 3 is 1.47 bits per heavy atom. The van der Waals surface area contributed by atoms with Gasteiger partial charge in [0.25, 0.3) is 0 Å². The molecule has 0 saturated heterocycles. The minimum absolute atomic E-state index is 0.494. The van der Waals surface area contributed by atoms with Crippen molar-refractivity contribution >= 4 is 45.5 Å². The highest BCUT2D eigenvalue weighted by Gasteiger charge is 2.13. The van der Waals surface area contributed by atoms with Crippen molar-refractivity contribution in [3.8, 4) is 0 Å². The van der Waals surface area contributed by atoms with Gasteiger partial charge in [-0.05, 0) is 38.2 Å². The molecule has 38 heavy (non-hydrogen) atoms. The third kappa shape index (κ3) is 7.33.